The standard InChI is InChI=1S/C27H28FNO5/c1-16-24(27(31)34-13-12-32-2)25(19-9-4-6-10-20(19)28)26-21(29-16)14-17(15-22(26)30)18-8-5-7-11-23(18)33-3/h4-11,17,25,29H,12-15H2,1-3H3/t17-,25+/m0/s1. The van der Waals surface area contributed by atoms with Crippen LogP contribution >= 0.6 is 0 Å². The van der Waals surface area contributed by atoms with Gasteiger partial charge in [-0.15, -0.1) is 0 Å². The van der Waals surface area contributed by atoms with Crippen LogP contribution in [-0.4, -0.2) is 39.2 Å². The van der Waals surface area contributed by atoms with Crippen LogP contribution in [0.4, 0.5) is 4.39 Å². The van der Waals surface area contributed by atoms with Crippen LogP contribution in [0.1, 0.15) is 42.7 Å². The molecule has 0 spiro atoms. The lowest BCUT2D eigenvalue weighted by Gasteiger charge is -2.37. The number of carbonyl (C=O) groups excluding carboxylic acids is 2. The van der Waals surface area contributed by atoms with Crippen LogP contribution in [0.5, 0.6) is 5.75 Å². The van der Waals surface area contributed by atoms with Crippen molar-refractivity contribution < 1.29 is 28.2 Å². The molecule has 7 heteroatoms. The van der Waals surface area contributed by atoms with Gasteiger partial charge in [-0.25, -0.2) is 9.18 Å². The number of esters is 1. The number of hydrogen-bond donors (Lipinski definition) is 1. The van der Waals surface area contributed by atoms with E-state index in [1.165, 1.54) is 13.2 Å². The first-order chi connectivity index (χ1) is 16.5. The van der Waals surface area contributed by atoms with Gasteiger partial charge in [0.05, 0.1) is 25.2 Å². The number of allylic oxidation sites excluding steroid dienone is 3. The van der Waals surface area contributed by atoms with Crippen LogP contribution in [0.25, 0.3) is 0 Å². The molecule has 2 aliphatic rings. The van der Waals surface area contributed by atoms with Crippen molar-refractivity contribution in [3.8, 4) is 5.75 Å². The SMILES string of the molecule is COCCOC(=O)C1=C(C)NC2=C(C(=O)C[C@@H](c3ccccc3OC)C2)[C@@H]1c1ccccc1F. The number of carbonyl (C=O) groups is 2. The minimum atomic E-state index is -0.849. The number of nitrogens with one attached hydrogen (secondary N) is 1. The summed E-state index contributed by atoms with van der Waals surface area (Å²) in [6, 6.07) is 13.9. The van der Waals surface area contributed by atoms with E-state index in [2.05, 4.69) is 5.32 Å². The second-order valence-corrected chi connectivity index (χ2v) is 8.41. The number of rotatable bonds is 7. The second-order valence-electron chi connectivity index (χ2n) is 8.41. The van der Waals surface area contributed by atoms with Gasteiger partial charge in [-0.2, -0.15) is 0 Å². The monoisotopic (exact) mass is 465 g/mol. The lowest BCUT2D eigenvalue weighted by atomic mass is 9.71. The Balaban J connectivity index is 1.77. The quantitative estimate of drug-likeness (QED) is 0.483. The van der Waals surface area contributed by atoms with Gasteiger partial charge in [0, 0.05) is 42.0 Å². The maximum atomic E-state index is 15.0. The fourth-order valence-electron chi connectivity index (χ4n) is 4.85. The predicted octanol–water partition coefficient (Wildman–Crippen LogP) is 4.39. The maximum absolute atomic E-state index is 15.0. The third-order valence-electron chi connectivity index (χ3n) is 6.36. The minimum absolute atomic E-state index is 0.0613. The number of hydrogen-bond acceptors (Lipinski definition) is 6. The van der Waals surface area contributed by atoms with Crippen molar-refractivity contribution in [1.29, 1.82) is 0 Å². The Morgan fingerprint density at radius 3 is 2.44 bits per heavy atom. The molecular formula is C27H28FNO5. The van der Waals surface area contributed by atoms with Crippen LogP contribution in [0.2, 0.25) is 0 Å². The summed E-state index contributed by atoms with van der Waals surface area (Å²) in [5.74, 6) is -1.43. The van der Waals surface area contributed by atoms with Gasteiger partial charge in [0.15, 0.2) is 5.78 Å². The molecule has 34 heavy (non-hydrogen) atoms. The predicted molar refractivity (Wildman–Crippen MR) is 125 cm³/mol. The van der Waals surface area contributed by atoms with Gasteiger partial charge in [-0.05, 0) is 31.0 Å². The number of para-hydroxylation sites is 1. The summed E-state index contributed by atoms with van der Waals surface area (Å²) in [6.07, 6.45) is 0.770. The molecule has 0 amide bonds. The van der Waals surface area contributed by atoms with E-state index in [1.54, 1.807) is 32.2 Å². The normalized spacial score (nSPS) is 20.1. The zero-order valence-corrected chi connectivity index (χ0v) is 19.5. The second kappa shape index (κ2) is 10.2. The molecule has 0 fully saturated rings. The van der Waals surface area contributed by atoms with Crippen LogP contribution in [0, 0.1) is 5.82 Å². The molecule has 0 saturated carbocycles. The Hall–Kier alpha value is -3.45. The molecule has 2 aromatic rings. The Morgan fingerprint density at radius 2 is 1.74 bits per heavy atom. The fourth-order valence-corrected chi connectivity index (χ4v) is 4.85. The number of methoxy groups -OCH3 is 2. The van der Waals surface area contributed by atoms with Crippen molar-refractivity contribution in [2.45, 2.75) is 31.6 Å². The van der Waals surface area contributed by atoms with Gasteiger partial charge < -0.3 is 19.5 Å². The molecule has 0 bridgehead atoms. The summed E-state index contributed by atoms with van der Waals surface area (Å²) in [4.78, 5) is 26.7. The summed E-state index contributed by atoms with van der Waals surface area (Å²) in [5.41, 5.74) is 3.12. The highest BCUT2D eigenvalue weighted by Gasteiger charge is 2.42. The van der Waals surface area contributed by atoms with Gasteiger partial charge >= 0.3 is 5.97 Å². The molecule has 2 atom stereocenters. The number of Topliss-reactive ketones (excluding diaryl/α,β-unsaturated/α-hetero) is 1. The van der Waals surface area contributed by atoms with E-state index < -0.39 is 17.7 Å². The van der Waals surface area contributed by atoms with Crippen molar-refractivity contribution in [2.24, 2.45) is 0 Å². The van der Waals surface area contributed by atoms with E-state index in [0.29, 0.717) is 23.4 Å². The van der Waals surface area contributed by atoms with Gasteiger partial charge in [-0.3, -0.25) is 4.79 Å². The molecule has 0 aromatic heterocycles. The summed E-state index contributed by atoms with van der Waals surface area (Å²) in [5, 5.41) is 3.27. The van der Waals surface area contributed by atoms with Crippen molar-refractivity contribution in [3.05, 3.63) is 88.0 Å². The number of dihydropyridines is 1. The van der Waals surface area contributed by atoms with E-state index in [1.807, 2.05) is 24.3 Å². The molecule has 0 unspecified atom stereocenters. The van der Waals surface area contributed by atoms with E-state index >= 15 is 4.39 Å². The first kappa shape index (κ1) is 23.7. The first-order valence-electron chi connectivity index (χ1n) is 11.2. The summed E-state index contributed by atoms with van der Waals surface area (Å²) in [7, 11) is 3.12. The molecule has 178 valence electrons. The summed E-state index contributed by atoms with van der Waals surface area (Å²) in [6.45, 7) is 2.05. The highest BCUT2D eigenvalue weighted by molar-refractivity contribution is 6.04. The third kappa shape index (κ3) is 4.48. The Kier molecular flexibility index (Phi) is 7.12. The smallest absolute Gasteiger partial charge is 0.336 e. The zero-order valence-electron chi connectivity index (χ0n) is 19.5. The highest BCUT2D eigenvalue weighted by atomic mass is 19.1. The average molecular weight is 466 g/mol. The molecule has 4 rings (SSSR count). The van der Waals surface area contributed by atoms with Crippen molar-refractivity contribution in [2.75, 3.05) is 27.4 Å². The van der Waals surface area contributed by atoms with Gasteiger partial charge in [0.1, 0.15) is 18.2 Å². The van der Waals surface area contributed by atoms with Gasteiger partial charge in [-0.1, -0.05) is 36.4 Å². The first-order valence-corrected chi connectivity index (χ1v) is 11.2. The molecule has 0 saturated heterocycles. The molecule has 1 aliphatic carbocycles. The van der Waals surface area contributed by atoms with Crippen LogP contribution in [0.15, 0.2) is 71.1 Å². The molecule has 1 aliphatic heterocycles. The third-order valence-corrected chi connectivity index (χ3v) is 6.36. The van der Waals surface area contributed by atoms with E-state index in [9.17, 15) is 9.59 Å². The van der Waals surface area contributed by atoms with Gasteiger partial charge in [0.25, 0.3) is 0 Å². The summed E-state index contributed by atoms with van der Waals surface area (Å²) >= 11 is 0. The minimum Gasteiger partial charge on any atom is -0.496 e. The van der Waals surface area contributed by atoms with Crippen molar-refractivity contribution in [3.63, 3.8) is 0 Å². The van der Waals surface area contributed by atoms with E-state index in [0.717, 1.165) is 11.3 Å². The van der Waals surface area contributed by atoms with E-state index in [-0.39, 0.29) is 42.5 Å². The molecule has 2 aromatic carbocycles. The maximum Gasteiger partial charge on any atom is 0.336 e. The summed E-state index contributed by atoms with van der Waals surface area (Å²) < 4.78 is 30.9. The molecule has 0 radical (unpaired) electrons. The largest absolute Gasteiger partial charge is 0.496 e. The molecule has 6 nitrogen and oxygen atoms in total. The molecule has 1 N–H and O–H groups in total. The van der Waals surface area contributed by atoms with Crippen LogP contribution < -0.4 is 10.1 Å². The Labute approximate surface area is 198 Å². The molecular weight excluding hydrogens is 437 g/mol. The van der Waals surface area contributed by atoms with E-state index in [4.69, 9.17) is 14.2 Å². The van der Waals surface area contributed by atoms with Crippen LogP contribution in [-0.2, 0) is 19.1 Å². The van der Waals surface area contributed by atoms with Crippen molar-refractivity contribution in [1.82, 2.24) is 5.32 Å². The lowest BCUT2D eigenvalue weighted by Crippen LogP contribution is -2.36. The lowest BCUT2D eigenvalue weighted by molar-refractivity contribution is -0.140. The zero-order chi connectivity index (χ0) is 24.2. The highest BCUT2D eigenvalue weighted by Crippen LogP contribution is 2.47. The number of ether oxygens (including phenoxy) is 3. The topological polar surface area (TPSA) is 73.9 Å². The average Bonchev–Trinajstić information content (AvgIpc) is 2.83. The fraction of sp³-hybridized carbons (Fsp3) is 0.333. The van der Waals surface area contributed by atoms with Gasteiger partial charge in [0.2, 0.25) is 0 Å². The van der Waals surface area contributed by atoms with Crippen molar-refractivity contribution >= 4 is 11.8 Å². The number of benzene rings is 2. The molecule has 1 heterocycles. The Morgan fingerprint density at radius 1 is 1.03 bits per heavy atom. The van der Waals surface area contributed by atoms with Crippen LogP contribution in [0.3, 0.4) is 0 Å². The number of ketones is 1. The number of halogens is 1. The Bertz CT molecular complexity index is 1170.